The number of ether oxygens (including phenoxy) is 1. The lowest BCUT2D eigenvalue weighted by Gasteiger charge is -2.38. The van der Waals surface area contributed by atoms with Crippen LogP contribution in [-0.2, 0) is 9.53 Å². The molecule has 0 aromatic rings. The van der Waals surface area contributed by atoms with E-state index in [9.17, 15) is 4.79 Å². The standard InChI is InChI=1S/C13H22N2O2/c14-10(9-4-5-9)8-13(16)15-6-7-17-12-3-1-2-11(12)15/h9-12H,1-8,14H2. The van der Waals surface area contributed by atoms with Crippen LogP contribution >= 0.6 is 0 Å². The molecule has 0 aromatic carbocycles. The number of morpholine rings is 1. The van der Waals surface area contributed by atoms with Crippen LogP contribution in [0.25, 0.3) is 0 Å². The number of amides is 1. The summed E-state index contributed by atoms with van der Waals surface area (Å²) in [6.07, 6.45) is 6.66. The van der Waals surface area contributed by atoms with Crippen molar-refractivity contribution in [3.05, 3.63) is 0 Å². The number of hydrogen-bond donors (Lipinski definition) is 1. The molecule has 4 nitrogen and oxygen atoms in total. The first-order valence-electron chi connectivity index (χ1n) is 6.92. The van der Waals surface area contributed by atoms with E-state index in [4.69, 9.17) is 10.5 Å². The normalized spacial score (nSPS) is 34.5. The van der Waals surface area contributed by atoms with Gasteiger partial charge in [-0.15, -0.1) is 0 Å². The van der Waals surface area contributed by atoms with Crippen molar-refractivity contribution in [2.24, 2.45) is 11.7 Å². The van der Waals surface area contributed by atoms with Crippen LogP contribution in [0.1, 0.15) is 38.5 Å². The highest BCUT2D eigenvalue weighted by Gasteiger charge is 2.39. The number of carbonyl (C=O) groups excluding carboxylic acids is 1. The van der Waals surface area contributed by atoms with E-state index >= 15 is 0 Å². The molecule has 1 amide bonds. The predicted molar refractivity (Wildman–Crippen MR) is 64.4 cm³/mol. The summed E-state index contributed by atoms with van der Waals surface area (Å²) in [4.78, 5) is 14.3. The molecule has 0 bridgehead atoms. The molecule has 3 atom stereocenters. The van der Waals surface area contributed by atoms with Crippen molar-refractivity contribution in [1.29, 1.82) is 0 Å². The summed E-state index contributed by atoms with van der Waals surface area (Å²) >= 11 is 0. The van der Waals surface area contributed by atoms with Gasteiger partial charge in [-0.3, -0.25) is 4.79 Å². The van der Waals surface area contributed by atoms with Crippen LogP contribution in [0.15, 0.2) is 0 Å². The lowest BCUT2D eigenvalue weighted by atomic mass is 10.1. The van der Waals surface area contributed by atoms with Crippen LogP contribution < -0.4 is 5.73 Å². The lowest BCUT2D eigenvalue weighted by Crippen LogP contribution is -2.52. The molecule has 1 heterocycles. The third-order valence-corrected chi connectivity index (χ3v) is 4.44. The Bertz CT molecular complexity index is 304. The SMILES string of the molecule is NC(CC(=O)N1CCOC2CCCC21)C1CC1. The quantitative estimate of drug-likeness (QED) is 0.794. The van der Waals surface area contributed by atoms with Crippen LogP contribution in [-0.4, -0.2) is 42.1 Å². The summed E-state index contributed by atoms with van der Waals surface area (Å²) in [6.45, 7) is 1.46. The highest BCUT2D eigenvalue weighted by Crippen LogP contribution is 2.34. The Hall–Kier alpha value is -0.610. The average molecular weight is 238 g/mol. The molecule has 2 saturated carbocycles. The maximum atomic E-state index is 12.3. The Morgan fingerprint density at radius 1 is 1.35 bits per heavy atom. The minimum Gasteiger partial charge on any atom is -0.374 e. The van der Waals surface area contributed by atoms with E-state index in [0.29, 0.717) is 31.1 Å². The molecule has 2 aliphatic carbocycles. The van der Waals surface area contributed by atoms with Gasteiger partial charge in [-0.2, -0.15) is 0 Å². The zero-order valence-corrected chi connectivity index (χ0v) is 10.3. The van der Waals surface area contributed by atoms with Crippen molar-refractivity contribution in [2.45, 2.75) is 56.7 Å². The van der Waals surface area contributed by atoms with Crippen LogP contribution in [0.4, 0.5) is 0 Å². The second-order valence-corrected chi connectivity index (χ2v) is 5.70. The van der Waals surface area contributed by atoms with E-state index in [1.165, 1.54) is 19.3 Å². The molecule has 2 N–H and O–H groups in total. The predicted octanol–water partition coefficient (Wildman–Crippen LogP) is 0.894. The summed E-state index contributed by atoms with van der Waals surface area (Å²) in [5, 5.41) is 0. The van der Waals surface area contributed by atoms with Gasteiger partial charge in [0.15, 0.2) is 0 Å². The number of nitrogens with zero attached hydrogens (tertiary/aromatic N) is 1. The van der Waals surface area contributed by atoms with E-state index in [0.717, 1.165) is 19.4 Å². The molecule has 0 spiro atoms. The largest absolute Gasteiger partial charge is 0.374 e. The third-order valence-electron chi connectivity index (χ3n) is 4.44. The second-order valence-electron chi connectivity index (χ2n) is 5.70. The molecule has 0 radical (unpaired) electrons. The minimum absolute atomic E-state index is 0.0881. The number of fused-ring (bicyclic) bond motifs is 1. The van der Waals surface area contributed by atoms with Gasteiger partial charge in [-0.05, 0) is 38.0 Å². The lowest BCUT2D eigenvalue weighted by molar-refractivity contribution is -0.144. The topological polar surface area (TPSA) is 55.6 Å². The molecule has 1 aliphatic heterocycles. The Morgan fingerprint density at radius 2 is 2.18 bits per heavy atom. The number of hydrogen-bond acceptors (Lipinski definition) is 3. The first-order chi connectivity index (χ1) is 8.25. The summed E-state index contributed by atoms with van der Waals surface area (Å²) < 4.78 is 5.72. The Balaban J connectivity index is 1.59. The van der Waals surface area contributed by atoms with Gasteiger partial charge in [0.2, 0.25) is 5.91 Å². The Labute approximate surface area is 102 Å². The Kier molecular flexibility index (Phi) is 3.09. The number of nitrogens with two attached hydrogens (primary N) is 1. The summed E-state index contributed by atoms with van der Waals surface area (Å²) in [5.74, 6) is 0.865. The highest BCUT2D eigenvalue weighted by molar-refractivity contribution is 5.77. The van der Waals surface area contributed by atoms with Crippen molar-refractivity contribution < 1.29 is 9.53 Å². The maximum Gasteiger partial charge on any atom is 0.224 e. The van der Waals surface area contributed by atoms with Gasteiger partial charge in [0.1, 0.15) is 0 Å². The van der Waals surface area contributed by atoms with E-state index in [2.05, 4.69) is 0 Å². The molecular weight excluding hydrogens is 216 g/mol. The third kappa shape index (κ3) is 2.33. The van der Waals surface area contributed by atoms with E-state index in [-0.39, 0.29) is 11.9 Å². The van der Waals surface area contributed by atoms with Crippen molar-refractivity contribution in [3.63, 3.8) is 0 Å². The van der Waals surface area contributed by atoms with Gasteiger partial charge in [0.25, 0.3) is 0 Å². The molecule has 96 valence electrons. The number of rotatable bonds is 3. The second kappa shape index (κ2) is 4.58. The van der Waals surface area contributed by atoms with Gasteiger partial charge in [0, 0.05) is 19.0 Å². The molecule has 3 aliphatic rings. The van der Waals surface area contributed by atoms with Gasteiger partial charge < -0.3 is 15.4 Å². The summed E-state index contributed by atoms with van der Waals surface area (Å²) in [6, 6.07) is 0.424. The van der Waals surface area contributed by atoms with Gasteiger partial charge in [-0.1, -0.05) is 0 Å². The van der Waals surface area contributed by atoms with E-state index in [1.54, 1.807) is 0 Å². The fourth-order valence-corrected chi connectivity index (χ4v) is 3.25. The van der Waals surface area contributed by atoms with Crippen LogP contribution in [0.2, 0.25) is 0 Å². The van der Waals surface area contributed by atoms with Crippen LogP contribution in [0.3, 0.4) is 0 Å². The molecule has 3 fully saturated rings. The van der Waals surface area contributed by atoms with Gasteiger partial charge in [-0.25, -0.2) is 0 Å². The molecule has 3 unspecified atom stereocenters. The van der Waals surface area contributed by atoms with Crippen molar-refractivity contribution in [3.8, 4) is 0 Å². The zero-order chi connectivity index (χ0) is 11.8. The summed E-state index contributed by atoms with van der Waals surface area (Å²) in [7, 11) is 0. The van der Waals surface area contributed by atoms with Gasteiger partial charge in [0.05, 0.1) is 18.8 Å². The van der Waals surface area contributed by atoms with E-state index in [1.807, 2.05) is 4.90 Å². The number of carbonyl (C=O) groups is 1. The molecule has 3 rings (SSSR count). The van der Waals surface area contributed by atoms with Crippen molar-refractivity contribution >= 4 is 5.91 Å². The highest BCUT2D eigenvalue weighted by atomic mass is 16.5. The maximum absolute atomic E-state index is 12.3. The minimum atomic E-state index is 0.0881. The van der Waals surface area contributed by atoms with Crippen LogP contribution in [0, 0.1) is 5.92 Å². The zero-order valence-electron chi connectivity index (χ0n) is 10.3. The average Bonchev–Trinajstić information content (AvgIpc) is 3.06. The van der Waals surface area contributed by atoms with E-state index < -0.39 is 0 Å². The molecule has 1 saturated heterocycles. The monoisotopic (exact) mass is 238 g/mol. The fraction of sp³-hybridized carbons (Fsp3) is 0.923. The fourth-order valence-electron chi connectivity index (χ4n) is 3.25. The van der Waals surface area contributed by atoms with Crippen molar-refractivity contribution in [1.82, 2.24) is 4.90 Å². The van der Waals surface area contributed by atoms with Crippen LogP contribution in [0.5, 0.6) is 0 Å². The van der Waals surface area contributed by atoms with Crippen molar-refractivity contribution in [2.75, 3.05) is 13.2 Å². The smallest absolute Gasteiger partial charge is 0.224 e. The molecular formula is C13H22N2O2. The molecule has 0 aromatic heterocycles. The first kappa shape index (κ1) is 11.5. The molecule has 17 heavy (non-hydrogen) atoms. The first-order valence-corrected chi connectivity index (χ1v) is 6.92. The Morgan fingerprint density at radius 3 is 2.94 bits per heavy atom. The molecule has 4 heteroatoms. The summed E-state index contributed by atoms with van der Waals surface area (Å²) in [5.41, 5.74) is 6.04. The van der Waals surface area contributed by atoms with Gasteiger partial charge >= 0.3 is 0 Å².